The van der Waals surface area contributed by atoms with E-state index in [1.807, 2.05) is 6.20 Å². The van der Waals surface area contributed by atoms with Gasteiger partial charge in [-0.2, -0.15) is 0 Å². The molecule has 2 N–H and O–H groups in total. The Balaban J connectivity index is 2.24. The lowest BCUT2D eigenvalue weighted by Gasteiger charge is -1.98. The first-order valence-electron chi connectivity index (χ1n) is 4.46. The zero-order valence-corrected chi connectivity index (χ0v) is 7.85. The van der Waals surface area contributed by atoms with Crippen LogP contribution in [0, 0.1) is 0 Å². The molecule has 5 nitrogen and oxygen atoms in total. The van der Waals surface area contributed by atoms with Crippen molar-refractivity contribution in [2.45, 2.75) is 26.3 Å². The zero-order valence-electron chi connectivity index (χ0n) is 7.85. The number of aromatic nitrogens is 3. The van der Waals surface area contributed by atoms with Gasteiger partial charge in [0.25, 0.3) is 0 Å². The Kier molecular flexibility index (Phi) is 3.95. The van der Waals surface area contributed by atoms with E-state index in [2.05, 4.69) is 22.2 Å². The van der Waals surface area contributed by atoms with E-state index < -0.39 is 0 Å². The normalized spacial score (nSPS) is 11.9. The number of rotatable bonds is 5. The van der Waals surface area contributed by atoms with Gasteiger partial charge >= 0.3 is 0 Å². The molecule has 72 valence electrons. The predicted molar refractivity (Wildman–Crippen MR) is 51.4 cm³/mol. The van der Waals surface area contributed by atoms with Crippen LogP contribution < -0.4 is 5.73 Å². The largest absolute Gasteiger partial charge is 0.387 e. The molecule has 0 aliphatic carbocycles. The molecular formula is C8H15N5. The first-order chi connectivity index (χ1) is 6.33. The molecule has 0 aliphatic rings. The maximum Gasteiger partial charge on any atom is 0.0937 e. The second-order valence-electron chi connectivity index (χ2n) is 2.79. The molecule has 0 atom stereocenters. The molecule has 0 spiro atoms. The first kappa shape index (κ1) is 9.70. The topological polar surface area (TPSA) is 69.1 Å². The van der Waals surface area contributed by atoms with Crippen LogP contribution in [0.1, 0.15) is 19.8 Å². The summed E-state index contributed by atoms with van der Waals surface area (Å²) in [6, 6.07) is 0. The monoisotopic (exact) mass is 181 g/mol. The maximum atomic E-state index is 5.63. The van der Waals surface area contributed by atoms with Gasteiger partial charge in [-0.05, 0) is 6.42 Å². The third-order valence-corrected chi connectivity index (χ3v) is 1.62. The number of nitrogens with zero attached hydrogens (tertiary/aromatic N) is 4. The second kappa shape index (κ2) is 5.29. The van der Waals surface area contributed by atoms with Crippen molar-refractivity contribution in [2.75, 3.05) is 6.54 Å². The van der Waals surface area contributed by atoms with E-state index in [1.165, 1.54) is 0 Å². The van der Waals surface area contributed by atoms with Crippen molar-refractivity contribution in [3.63, 3.8) is 0 Å². The summed E-state index contributed by atoms with van der Waals surface area (Å²) in [5.41, 5.74) is 5.63. The molecule has 1 aromatic rings. The van der Waals surface area contributed by atoms with Crippen molar-refractivity contribution in [2.24, 2.45) is 10.7 Å². The standard InChI is InChI=1S/C8H15N5/c1-2-3-8(9)10-4-6-13-7-5-11-12-13/h5,7H,2-4,6H2,1H3,(H2,9,10). The Morgan fingerprint density at radius 1 is 1.62 bits per heavy atom. The fraction of sp³-hybridized carbons (Fsp3) is 0.625. The van der Waals surface area contributed by atoms with Crippen LogP contribution in [0.4, 0.5) is 0 Å². The fourth-order valence-corrected chi connectivity index (χ4v) is 0.983. The van der Waals surface area contributed by atoms with Crippen molar-refractivity contribution < 1.29 is 0 Å². The third kappa shape index (κ3) is 3.68. The molecular weight excluding hydrogens is 166 g/mol. The molecule has 1 aromatic heterocycles. The Morgan fingerprint density at radius 2 is 2.46 bits per heavy atom. The van der Waals surface area contributed by atoms with Crippen LogP contribution in [0.25, 0.3) is 0 Å². The van der Waals surface area contributed by atoms with Crippen LogP contribution in [-0.4, -0.2) is 27.4 Å². The smallest absolute Gasteiger partial charge is 0.0937 e. The maximum absolute atomic E-state index is 5.63. The first-order valence-corrected chi connectivity index (χ1v) is 4.46. The lowest BCUT2D eigenvalue weighted by Crippen LogP contribution is -2.13. The van der Waals surface area contributed by atoms with Crippen LogP contribution in [-0.2, 0) is 6.54 Å². The van der Waals surface area contributed by atoms with Crippen molar-refractivity contribution >= 4 is 5.84 Å². The minimum Gasteiger partial charge on any atom is -0.387 e. The number of hydrogen-bond acceptors (Lipinski definition) is 3. The lowest BCUT2D eigenvalue weighted by atomic mass is 10.3. The summed E-state index contributed by atoms with van der Waals surface area (Å²) in [5.74, 6) is 0.725. The van der Waals surface area contributed by atoms with Crippen molar-refractivity contribution in [1.29, 1.82) is 0 Å². The summed E-state index contributed by atoms with van der Waals surface area (Å²) in [6.45, 7) is 3.50. The molecule has 1 rings (SSSR count). The average Bonchev–Trinajstić information content (AvgIpc) is 2.57. The van der Waals surface area contributed by atoms with E-state index >= 15 is 0 Å². The van der Waals surface area contributed by atoms with E-state index in [0.717, 1.165) is 25.2 Å². The SMILES string of the molecule is CCCC(N)=NCCn1ccnn1. The average molecular weight is 181 g/mol. The van der Waals surface area contributed by atoms with Gasteiger partial charge in [0.15, 0.2) is 0 Å². The zero-order chi connectivity index (χ0) is 9.52. The molecule has 0 fully saturated rings. The third-order valence-electron chi connectivity index (χ3n) is 1.62. The lowest BCUT2D eigenvalue weighted by molar-refractivity contribution is 0.598. The number of hydrogen-bond donors (Lipinski definition) is 1. The summed E-state index contributed by atoms with van der Waals surface area (Å²) in [5, 5.41) is 7.51. The van der Waals surface area contributed by atoms with Crippen LogP contribution in [0.15, 0.2) is 17.4 Å². The predicted octanol–water partition coefficient (Wildman–Crippen LogP) is 0.435. The highest BCUT2D eigenvalue weighted by atomic mass is 15.4. The van der Waals surface area contributed by atoms with Crippen molar-refractivity contribution in [1.82, 2.24) is 15.0 Å². The van der Waals surface area contributed by atoms with Gasteiger partial charge in [-0.25, -0.2) is 0 Å². The van der Waals surface area contributed by atoms with Gasteiger partial charge in [0, 0.05) is 12.6 Å². The van der Waals surface area contributed by atoms with Gasteiger partial charge < -0.3 is 5.73 Å². The quantitative estimate of drug-likeness (QED) is 0.529. The van der Waals surface area contributed by atoms with Crippen LogP contribution in [0.2, 0.25) is 0 Å². The molecule has 1 heterocycles. The minimum absolute atomic E-state index is 0.676. The van der Waals surface area contributed by atoms with Crippen LogP contribution >= 0.6 is 0 Å². The fourth-order valence-electron chi connectivity index (χ4n) is 0.983. The Labute approximate surface area is 77.7 Å². The van der Waals surface area contributed by atoms with Crippen molar-refractivity contribution in [3.05, 3.63) is 12.4 Å². The molecule has 0 aliphatic heterocycles. The number of nitrogens with two attached hydrogens (primary N) is 1. The van der Waals surface area contributed by atoms with E-state index in [1.54, 1.807) is 10.9 Å². The van der Waals surface area contributed by atoms with Gasteiger partial charge in [0.2, 0.25) is 0 Å². The Hall–Kier alpha value is -1.39. The number of amidine groups is 1. The molecule has 0 amide bonds. The second-order valence-corrected chi connectivity index (χ2v) is 2.79. The van der Waals surface area contributed by atoms with E-state index in [-0.39, 0.29) is 0 Å². The molecule has 0 saturated carbocycles. The highest BCUT2D eigenvalue weighted by molar-refractivity contribution is 5.80. The van der Waals surface area contributed by atoms with Gasteiger partial charge in [-0.1, -0.05) is 12.1 Å². The van der Waals surface area contributed by atoms with Crippen LogP contribution in [0.5, 0.6) is 0 Å². The van der Waals surface area contributed by atoms with E-state index in [0.29, 0.717) is 6.54 Å². The van der Waals surface area contributed by atoms with E-state index in [4.69, 9.17) is 5.73 Å². The summed E-state index contributed by atoms with van der Waals surface area (Å²) in [4.78, 5) is 4.19. The Bertz CT molecular complexity index is 252. The van der Waals surface area contributed by atoms with Gasteiger partial charge in [0.1, 0.15) is 0 Å². The van der Waals surface area contributed by atoms with Gasteiger partial charge in [-0.15, -0.1) is 5.10 Å². The van der Waals surface area contributed by atoms with Crippen molar-refractivity contribution in [3.8, 4) is 0 Å². The highest BCUT2D eigenvalue weighted by Crippen LogP contribution is 1.88. The molecule has 0 bridgehead atoms. The summed E-state index contributed by atoms with van der Waals surface area (Å²) in [6.07, 6.45) is 5.38. The summed E-state index contributed by atoms with van der Waals surface area (Å²) < 4.78 is 1.74. The van der Waals surface area contributed by atoms with Gasteiger partial charge in [0.05, 0.1) is 25.1 Å². The minimum atomic E-state index is 0.676. The van der Waals surface area contributed by atoms with Crippen LogP contribution in [0.3, 0.4) is 0 Å². The molecule has 0 radical (unpaired) electrons. The van der Waals surface area contributed by atoms with E-state index in [9.17, 15) is 0 Å². The number of aliphatic imine (C=N–C) groups is 1. The molecule has 13 heavy (non-hydrogen) atoms. The Morgan fingerprint density at radius 3 is 3.08 bits per heavy atom. The van der Waals surface area contributed by atoms with Gasteiger partial charge in [-0.3, -0.25) is 9.67 Å². The summed E-state index contributed by atoms with van der Waals surface area (Å²) >= 11 is 0. The molecule has 0 unspecified atom stereocenters. The summed E-state index contributed by atoms with van der Waals surface area (Å²) in [7, 11) is 0. The molecule has 0 saturated heterocycles. The highest BCUT2D eigenvalue weighted by Gasteiger charge is 1.91. The molecule has 5 heteroatoms. The molecule has 0 aromatic carbocycles.